The summed E-state index contributed by atoms with van der Waals surface area (Å²) in [7, 11) is 0. The molecule has 68 valence electrons. The number of hydrogen-bond acceptors (Lipinski definition) is 3. The normalized spacial score (nSPS) is 20.2. The summed E-state index contributed by atoms with van der Waals surface area (Å²) in [6.45, 7) is 0.185. The molecule has 1 aliphatic rings. The largest absolute Gasteiger partial charge is 0.486 e. The summed E-state index contributed by atoms with van der Waals surface area (Å²) >= 11 is 0. The molecule has 0 bridgehead atoms. The van der Waals surface area contributed by atoms with Crippen molar-refractivity contribution in [2.75, 3.05) is 6.61 Å². The zero-order valence-electron chi connectivity index (χ0n) is 6.97. The molecule has 1 aromatic carbocycles. The summed E-state index contributed by atoms with van der Waals surface area (Å²) < 4.78 is 5.26. The molecule has 0 aliphatic carbocycles. The van der Waals surface area contributed by atoms with E-state index in [2.05, 4.69) is 0 Å². The molecule has 4 nitrogen and oxygen atoms in total. The lowest BCUT2D eigenvalue weighted by Crippen LogP contribution is -2.32. The van der Waals surface area contributed by atoms with Gasteiger partial charge in [-0.25, -0.2) is 0 Å². The Bertz CT molecular complexity index is 337. The Morgan fingerprint density at radius 3 is 3.00 bits per heavy atom. The third-order valence-corrected chi connectivity index (χ3v) is 2.16. The molecule has 1 heterocycles. The van der Waals surface area contributed by atoms with Gasteiger partial charge in [0.25, 0.3) is 6.04 Å². The fraction of sp³-hybridized carbons (Fsp3) is 0.333. The fourth-order valence-corrected chi connectivity index (χ4v) is 1.45. The Morgan fingerprint density at radius 1 is 1.46 bits per heavy atom. The van der Waals surface area contributed by atoms with Crippen LogP contribution in [-0.2, 0) is 6.42 Å². The first kappa shape index (κ1) is 8.04. The van der Waals surface area contributed by atoms with Crippen LogP contribution in [0.4, 0.5) is 0 Å². The van der Waals surface area contributed by atoms with E-state index in [4.69, 9.17) is 4.74 Å². The van der Waals surface area contributed by atoms with Crippen molar-refractivity contribution in [2.24, 2.45) is 0 Å². The van der Waals surface area contributed by atoms with E-state index in [1.165, 1.54) is 0 Å². The molecule has 1 aliphatic heterocycles. The zero-order valence-corrected chi connectivity index (χ0v) is 6.97. The molecule has 4 heteroatoms. The van der Waals surface area contributed by atoms with Crippen LogP contribution in [0.3, 0.4) is 0 Å². The Labute approximate surface area is 75.3 Å². The molecule has 0 N–H and O–H groups in total. The van der Waals surface area contributed by atoms with Crippen LogP contribution in [0.1, 0.15) is 5.56 Å². The monoisotopic (exact) mass is 179 g/mol. The molecule has 1 aromatic rings. The lowest BCUT2D eigenvalue weighted by Gasteiger charge is -2.19. The summed E-state index contributed by atoms with van der Waals surface area (Å²) in [5.74, 6) is 0.778. The van der Waals surface area contributed by atoms with Crippen LogP contribution in [0.5, 0.6) is 5.75 Å². The van der Waals surface area contributed by atoms with Crippen molar-refractivity contribution in [1.82, 2.24) is 0 Å². The molecule has 0 amide bonds. The summed E-state index contributed by atoms with van der Waals surface area (Å²) in [6.07, 6.45) is 0.475. The third kappa shape index (κ3) is 1.47. The van der Waals surface area contributed by atoms with Crippen molar-refractivity contribution in [3.63, 3.8) is 0 Å². The second-order valence-electron chi connectivity index (χ2n) is 3.06. The maximum Gasteiger partial charge on any atom is 0.250 e. The number of nitro groups is 1. The summed E-state index contributed by atoms with van der Waals surface area (Å²) in [6, 6.07) is 6.85. The van der Waals surface area contributed by atoms with E-state index in [-0.39, 0.29) is 11.5 Å². The molecule has 13 heavy (non-hydrogen) atoms. The van der Waals surface area contributed by atoms with E-state index in [0.29, 0.717) is 6.42 Å². The van der Waals surface area contributed by atoms with Gasteiger partial charge in [-0.1, -0.05) is 18.2 Å². The van der Waals surface area contributed by atoms with Crippen molar-refractivity contribution < 1.29 is 9.66 Å². The number of hydrogen-bond donors (Lipinski definition) is 0. The summed E-state index contributed by atoms with van der Waals surface area (Å²) in [5.41, 5.74) is 0.926. The average molecular weight is 179 g/mol. The molecule has 0 saturated carbocycles. The first-order valence-electron chi connectivity index (χ1n) is 4.11. The standard InChI is InChI=1S/C9H9NO3/c11-10(12)8-5-7-3-1-2-4-9(7)13-6-8/h1-4,8H,5-6H2/t8-/m0/s1. The van der Waals surface area contributed by atoms with Gasteiger partial charge in [-0.05, 0) is 6.07 Å². The number of nitrogens with zero attached hydrogens (tertiary/aromatic N) is 1. The number of para-hydroxylation sites is 1. The Hall–Kier alpha value is -1.58. The number of rotatable bonds is 1. The first-order valence-corrected chi connectivity index (χ1v) is 4.11. The minimum atomic E-state index is -0.588. The third-order valence-electron chi connectivity index (χ3n) is 2.16. The number of benzene rings is 1. The predicted molar refractivity (Wildman–Crippen MR) is 46.4 cm³/mol. The number of fused-ring (bicyclic) bond motifs is 1. The molecule has 1 atom stereocenters. The number of ether oxygens (including phenoxy) is 1. The van der Waals surface area contributed by atoms with Crippen LogP contribution in [0.15, 0.2) is 24.3 Å². The quantitative estimate of drug-likeness (QED) is 0.481. The molecule has 0 spiro atoms. The fourth-order valence-electron chi connectivity index (χ4n) is 1.45. The van der Waals surface area contributed by atoms with E-state index in [1.807, 2.05) is 24.3 Å². The highest BCUT2D eigenvalue weighted by Crippen LogP contribution is 2.24. The molecule has 0 radical (unpaired) electrons. The topological polar surface area (TPSA) is 52.4 Å². The van der Waals surface area contributed by atoms with Gasteiger partial charge in [-0.3, -0.25) is 10.1 Å². The van der Waals surface area contributed by atoms with Crippen molar-refractivity contribution in [3.05, 3.63) is 39.9 Å². The van der Waals surface area contributed by atoms with Gasteiger partial charge >= 0.3 is 0 Å². The van der Waals surface area contributed by atoms with Gasteiger partial charge in [0.2, 0.25) is 0 Å². The molecular weight excluding hydrogens is 170 g/mol. The minimum absolute atomic E-state index is 0.185. The van der Waals surface area contributed by atoms with Crippen LogP contribution in [0, 0.1) is 10.1 Å². The van der Waals surface area contributed by atoms with E-state index in [9.17, 15) is 10.1 Å². The van der Waals surface area contributed by atoms with Gasteiger partial charge in [0.15, 0.2) is 6.61 Å². The second-order valence-corrected chi connectivity index (χ2v) is 3.06. The Kier molecular flexibility index (Phi) is 1.88. The van der Waals surface area contributed by atoms with Gasteiger partial charge in [-0.2, -0.15) is 0 Å². The Morgan fingerprint density at radius 2 is 2.23 bits per heavy atom. The summed E-state index contributed by atoms with van der Waals surface area (Å²) in [5, 5.41) is 10.5. The lowest BCUT2D eigenvalue weighted by molar-refractivity contribution is -0.525. The van der Waals surface area contributed by atoms with E-state index in [1.54, 1.807) is 0 Å². The summed E-state index contributed by atoms with van der Waals surface area (Å²) in [4.78, 5) is 10.2. The van der Waals surface area contributed by atoms with E-state index >= 15 is 0 Å². The molecule has 0 fully saturated rings. The highest BCUT2D eigenvalue weighted by atomic mass is 16.6. The zero-order chi connectivity index (χ0) is 9.26. The van der Waals surface area contributed by atoms with Gasteiger partial charge in [0.05, 0.1) is 0 Å². The average Bonchev–Trinajstić information content (AvgIpc) is 2.17. The van der Waals surface area contributed by atoms with Crippen molar-refractivity contribution in [3.8, 4) is 5.75 Å². The van der Waals surface area contributed by atoms with Crippen LogP contribution >= 0.6 is 0 Å². The SMILES string of the molecule is O=[N+]([O-])[C@@H]1COc2ccccc2C1. The van der Waals surface area contributed by atoms with Crippen molar-refractivity contribution in [2.45, 2.75) is 12.5 Å². The second kappa shape index (κ2) is 3.05. The van der Waals surface area contributed by atoms with Gasteiger partial charge < -0.3 is 4.74 Å². The van der Waals surface area contributed by atoms with Gasteiger partial charge in [0, 0.05) is 16.9 Å². The van der Waals surface area contributed by atoms with Crippen LogP contribution in [-0.4, -0.2) is 17.6 Å². The highest BCUT2D eigenvalue weighted by Gasteiger charge is 2.27. The smallest absolute Gasteiger partial charge is 0.250 e. The highest BCUT2D eigenvalue weighted by molar-refractivity contribution is 5.35. The van der Waals surface area contributed by atoms with Crippen LogP contribution in [0.2, 0.25) is 0 Å². The van der Waals surface area contributed by atoms with Gasteiger partial charge in [0.1, 0.15) is 5.75 Å². The van der Waals surface area contributed by atoms with Crippen LogP contribution in [0.25, 0.3) is 0 Å². The first-order chi connectivity index (χ1) is 6.27. The predicted octanol–water partition coefficient (Wildman–Crippen LogP) is 1.27. The van der Waals surface area contributed by atoms with Crippen LogP contribution < -0.4 is 4.74 Å². The lowest BCUT2D eigenvalue weighted by atomic mass is 10.0. The van der Waals surface area contributed by atoms with E-state index < -0.39 is 6.04 Å². The van der Waals surface area contributed by atoms with Crippen molar-refractivity contribution in [1.29, 1.82) is 0 Å². The molecule has 0 saturated heterocycles. The van der Waals surface area contributed by atoms with Gasteiger partial charge in [-0.15, -0.1) is 0 Å². The molecular formula is C9H9NO3. The maximum atomic E-state index is 10.5. The van der Waals surface area contributed by atoms with E-state index in [0.717, 1.165) is 11.3 Å². The minimum Gasteiger partial charge on any atom is -0.486 e. The van der Waals surface area contributed by atoms with Crippen molar-refractivity contribution >= 4 is 0 Å². The molecule has 0 unspecified atom stereocenters. The molecule has 2 rings (SSSR count). The Balaban J connectivity index is 2.24. The maximum absolute atomic E-state index is 10.5. The molecule has 0 aromatic heterocycles.